The molecule has 1 aliphatic carbocycles. The van der Waals surface area contributed by atoms with Gasteiger partial charge in [0.05, 0.1) is 4.92 Å². The van der Waals surface area contributed by atoms with Gasteiger partial charge in [0.1, 0.15) is 0 Å². The first-order valence-electron chi connectivity index (χ1n) is 5.22. The highest BCUT2D eigenvalue weighted by Gasteiger charge is 2.25. The van der Waals surface area contributed by atoms with Gasteiger partial charge < -0.3 is 5.32 Å². The molecule has 2 rings (SSSR count). The minimum absolute atomic E-state index is 0.00795. The number of anilines is 1. The van der Waals surface area contributed by atoms with Crippen LogP contribution in [-0.2, 0) is 4.79 Å². The predicted octanol–water partition coefficient (Wildman–Crippen LogP) is 2.33. The van der Waals surface area contributed by atoms with E-state index in [9.17, 15) is 14.9 Å². The van der Waals surface area contributed by atoms with Crippen LogP contribution in [0.3, 0.4) is 0 Å². The molecule has 1 saturated carbocycles. The van der Waals surface area contributed by atoms with Crippen LogP contribution in [-0.4, -0.2) is 10.8 Å². The van der Waals surface area contributed by atoms with Gasteiger partial charge in [0.15, 0.2) is 0 Å². The van der Waals surface area contributed by atoms with E-state index in [0.29, 0.717) is 5.69 Å². The second kappa shape index (κ2) is 4.30. The van der Waals surface area contributed by atoms with Crippen LogP contribution in [0, 0.1) is 16.0 Å². The van der Waals surface area contributed by atoms with E-state index in [1.165, 1.54) is 12.1 Å². The van der Waals surface area contributed by atoms with E-state index >= 15 is 0 Å². The van der Waals surface area contributed by atoms with Crippen LogP contribution in [0.4, 0.5) is 11.4 Å². The number of rotatable bonds is 3. The maximum absolute atomic E-state index is 11.6. The average Bonchev–Trinajstić information content (AvgIpc) is 2.15. The van der Waals surface area contributed by atoms with E-state index in [4.69, 9.17) is 0 Å². The van der Waals surface area contributed by atoms with Crippen molar-refractivity contribution in [2.24, 2.45) is 5.92 Å². The summed E-state index contributed by atoms with van der Waals surface area (Å²) in [5, 5.41) is 13.2. The van der Waals surface area contributed by atoms with Crippen molar-refractivity contribution in [2.75, 3.05) is 5.32 Å². The molecule has 0 aliphatic heterocycles. The minimum Gasteiger partial charge on any atom is -0.326 e. The summed E-state index contributed by atoms with van der Waals surface area (Å²) in [4.78, 5) is 21.7. The molecule has 84 valence electrons. The van der Waals surface area contributed by atoms with Crippen molar-refractivity contribution in [3.8, 4) is 0 Å². The van der Waals surface area contributed by atoms with Gasteiger partial charge in [-0.05, 0) is 18.9 Å². The highest BCUT2D eigenvalue weighted by molar-refractivity contribution is 5.93. The van der Waals surface area contributed by atoms with Crippen molar-refractivity contribution >= 4 is 17.3 Å². The molecular formula is C11H12N2O3. The van der Waals surface area contributed by atoms with Crippen LogP contribution < -0.4 is 5.32 Å². The fraction of sp³-hybridized carbons (Fsp3) is 0.364. The maximum atomic E-state index is 11.6. The molecule has 0 unspecified atom stereocenters. The summed E-state index contributed by atoms with van der Waals surface area (Å²) in [5.41, 5.74) is 0.484. The number of hydrogen-bond donors (Lipinski definition) is 1. The highest BCUT2D eigenvalue weighted by atomic mass is 16.6. The van der Waals surface area contributed by atoms with Crippen molar-refractivity contribution < 1.29 is 9.72 Å². The van der Waals surface area contributed by atoms with Crippen molar-refractivity contribution in [1.29, 1.82) is 0 Å². The number of carbonyl (C=O) groups excluding carboxylic acids is 1. The molecule has 0 atom stereocenters. The number of nitro benzene ring substituents is 1. The monoisotopic (exact) mass is 220 g/mol. The molecule has 1 aromatic carbocycles. The SMILES string of the molecule is O=C(Nc1cccc([N+](=O)[O-])c1)C1CCC1. The Labute approximate surface area is 92.6 Å². The molecule has 1 aromatic rings. The molecule has 1 N–H and O–H groups in total. The molecular weight excluding hydrogens is 208 g/mol. The van der Waals surface area contributed by atoms with Crippen LogP contribution >= 0.6 is 0 Å². The second-order valence-corrected chi connectivity index (χ2v) is 3.92. The lowest BCUT2D eigenvalue weighted by Crippen LogP contribution is -2.27. The van der Waals surface area contributed by atoms with Gasteiger partial charge in [0.25, 0.3) is 5.69 Å². The average molecular weight is 220 g/mol. The second-order valence-electron chi connectivity index (χ2n) is 3.92. The fourth-order valence-electron chi connectivity index (χ4n) is 1.61. The van der Waals surface area contributed by atoms with E-state index in [0.717, 1.165) is 19.3 Å². The maximum Gasteiger partial charge on any atom is 0.271 e. The molecule has 1 fully saturated rings. The lowest BCUT2D eigenvalue weighted by molar-refractivity contribution is -0.384. The molecule has 0 aromatic heterocycles. The number of amides is 1. The van der Waals surface area contributed by atoms with Crippen LogP contribution in [0.1, 0.15) is 19.3 Å². The van der Waals surface area contributed by atoms with E-state index in [1.54, 1.807) is 12.1 Å². The van der Waals surface area contributed by atoms with Gasteiger partial charge in [-0.15, -0.1) is 0 Å². The first-order chi connectivity index (χ1) is 7.66. The van der Waals surface area contributed by atoms with Crippen molar-refractivity contribution in [1.82, 2.24) is 0 Å². The molecule has 0 bridgehead atoms. The quantitative estimate of drug-likeness (QED) is 0.627. The smallest absolute Gasteiger partial charge is 0.271 e. The summed E-state index contributed by atoms with van der Waals surface area (Å²) in [6.45, 7) is 0. The van der Waals surface area contributed by atoms with Gasteiger partial charge in [-0.1, -0.05) is 12.5 Å². The third-order valence-electron chi connectivity index (χ3n) is 2.80. The van der Waals surface area contributed by atoms with Crippen LogP contribution in [0.5, 0.6) is 0 Å². The standard InChI is InChI=1S/C11H12N2O3/c14-11(8-3-1-4-8)12-9-5-2-6-10(7-9)13(15)16/h2,5-8H,1,3-4H2,(H,12,14). The molecule has 0 saturated heterocycles. The van der Waals surface area contributed by atoms with Gasteiger partial charge in [-0.3, -0.25) is 14.9 Å². The Bertz CT molecular complexity index is 427. The summed E-state index contributed by atoms with van der Waals surface area (Å²) in [6.07, 6.45) is 2.93. The van der Waals surface area contributed by atoms with E-state index in [2.05, 4.69) is 5.32 Å². The van der Waals surface area contributed by atoms with Crippen LogP contribution in [0.2, 0.25) is 0 Å². The third kappa shape index (κ3) is 2.18. The number of nitrogens with zero attached hydrogens (tertiary/aromatic N) is 1. The molecule has 5 nitrogen and oxygen atoms in total. The fourth-order valence-corrected chi connectivity index (χ4v) is 1.61. The van der Waals surface area contributed by atoms with Gasteiger partial charge in [0, 0.05) is 23.7 Å². The van der Waals surface area contributed by atoms with Crippen molar-refractivity contribution in [2.45, 2.75) is 19.3 Å². The first kappa shape index (κ1) is 10.6. The Morgan fingerprint density at radius 2 is 2.19 bits per heavy atom. The normalized spacial score (nSPS) is 15.2. The van der Waals surface area contributed by atoms with Gasteiger partial charge in [-0.25, -0.2) is 0 Å². The number of nitro groups is 1. The van der Waals surface area contributed by atoms with E-state index in [-0.39, 0.29) is 17.5 Å². The summed E-state index contributed by atoms with van der Waals surface area (Å²) >= 11 is 0. The molecule has 0 radical (unpaired) electrons. The van der Waals surface area contributed by atoms with Crippen molar-refractivity contribution in [3.05, 3.63) is 34.4 Å². The molecule has 1 aliphatic rings. The third-order valence-corrected chi connectivity index (χ3v) is 2.80. The molecule has 1 amide bonds. The summed E-state index contributed by atoms with van der Waals surface area (Å²) in [6, 6.07) is 5.99. The lowest BCUT2D eigenvalue weighted by atomic mass is 9.85. The highest BCUT2D eigenvalue weighted by Crippen LogP contribution is 2.28. The first-order valence-corrected chi connectivity index (χ1v) is 5.22. The molecule has 16 heavy (non-hydrogen) atoms. The lowest BCUT2D eigenvalue weighted by Gasteiger charge is -2.23. The Kier molecular flexibility index (Phi) is 2.85. The number of carbonyl (C=O) groups is 1. The van der Waals surface area contributed by atoms with Gasteiger partial charge >= 0.3 is 0 Å². The molecule has 5 heteroatoms. The number of benzene rings is 1. The van der Waals surface area contributed by atoms with Crippen LogP contribution in [0.15, 0.2) is 24.3 Å². The van der Waals surface area contributed by atoms with Crippen LogP contribution in [0.25, 0.3) is 0 Å². The Hall–Kier alpha value is -1.91. The topological polar surface area (TPSA) is 72.2 Å². The van der Waals surface area contributed by atoms with E-state index < -0.39 is 4.92 Å². The zero-order valence-electron chi connectivity index (χ0n) is 8.68. The zero-order valence-corrected chi connectivity index (χ0v) is 8.68. The van der Waals surface area contributed by atoms with Gasteiger partial charge in [-0.2, -0.15) is 0 Å². The molecule has 0 heterocycles. The predicted molar refractivity (Wildman–Crippen MR) is 59.1 cm³/mol. The number of nitrogens with one attached hydrogen (secondary N) is 1. The minimum atomic E-state index is -0.473. The summed E-state index contributed by atoms with van der Waals surface area (Å²) in [5.74, 6) is 0.0472. The Morgan fingerprint density at radius 1 is 1.44 bits per heavy atom. The summed E-state index contributed by atoms with van der Waals surface area (Å²) in [7, 11) is 0. The summed E-state index contributed by atoms with van der Waals surface area (Å²) < 4.78 is 0. The van der Waals surface area contributed by atoms with Crippen molar-refractivity contribution in [3.63, 3.8) is 0 Å². The van der Waals surface area contributed by atoms with Gasteiger partial charge in [0.2, 0.25) is 5.91 Å². The number of hydrogen-bond acceptors (Lipinski definition) is 3. The Balaban J connectivity index is 2.05. The number of non-ortho nitro benzene ring substituents is 1. The Morgan fingerprint density at radius 3 is 2.75 bits per heavy atom. The molecule has 0 spiro atoms. The van der Waals surface area contributed by atoms with E-state index in [1.807, 2.05) is 0 Å². The zero-order chi connectivity index (χ0) is 11.5. The largest absolute Gasteiger partial charge is 0.326 e.